The predicted octanol–water partition coefficient (Wildman–Crippen LogP) is -1.14. The summed E-state index contributed by atoms with van der Waals surface area (Å²) in [6.07, 6.45) is 2.73. The Morgan fingerprint density at radius 3 is 2.78 bits per heavy atom. The third kappa shape index (κ3) is 4.62. The molecule has 0 aliphatic heterocycles. The van der Waals surface area contributed by atoms with Crippen LogP contribution in [0.3, 0.4) is 0 Å². The molecule has 2 N–H and O–H groups in total. The van der Waals surface area contributed by atoms with Crippen molar-refractivity contribution in [3.8, 4) is 0 Å². The van der Waals surface area contributed by atoms with Crippen LogP contribution in [0.2, 0.25) is 0 Å². The third-order valence-electron chi connectivity index (χ3n) is 1.96. The molecule has 18 heavy (non-hydrogen) atoms. The fraction of sp³-hybridized carbons (Fsp3) is 0.556. The SMILES string of the molecule is CC(CS(C)=O)NC(=O)Cn1cc(C(=O)O)nn1. The molecular formula is C9H14N4O4S. The van der Waals surface area contributed by atoms with Gasteiger partial charge >= 0.3 is 5.97 Å². The van der Waals surface area contributed by atoms with Gasteiger partial charge in [-0.1, -0.05) is 5.21 Å². The molecule has 1 amide bonds. The van der Waals surface area contributed by atoms with Crippen LogP contribution in [0.25, 0.3) is 0 Å². The van der Waals surface area contributed by atoms with Gasteiger partial charge in [-0.25, -0.2) is 9.48 Å². The van der Waals surface area contributed by atoms with Crippen molar-refractivity contribution in [2.24, 2.45) is 0 Å². The topological polar surface area (TPSA) is 114 Å². The van der Waals surface area contributed by atoms with Crippen LogP contribution >= 0.6 is 0 Å². The highest BCUT2D eigenvalue weighted by Crippen LogP contribution is 1.93. The fourth-order valence-corrected chi connectivity index (χ4v) is 2.12. The van der Waals surface area contributed by atoms with Crippen molar-refractivity contribution >= 4 is 22.7 Å². The van der Waals surface area contributed by atoms with E-state index in [9.17, 15) is 13.8 Å². The van der Waals surface area contributed by atoms with Crippen molar-refractivity contribution in [1.29, 1.82) is 0 Å². The number of nitrogens with zero attached hydrogens (tertiary/aromatic N) is 3. The molecule has 2 unspecified atom stereocenters. The molecule has 0 aliphatic carbocycles. The summed E-state index contributed by atoms with van der Waals surface area (Å²) in [6.45, 7) is 1.62. The lowest BCUT2D eigenvalue weighted by Gasteiger charge is -2.11. The number of hydrogen-bond donors (Lipinski definition) is 2. The van der Waals surface area contributed by atoms with E-state index in [1.54, 1.807) is 13.2 Å². The number of carbonyl (C=O) groups excluding carboxylic acids is 1. The van der Waals surface area contributed by atoms with Gasteiger partial charge in [0.05, 0.1) is 6.20 Å². The van der Waals surface area contributed by atoms with Crippen LogP contribution in [-0.4, -0.2) is 54.2 Å². The summed E-state index contributed by atoms with van der Waals surface area (Å²) in [4.78, 5) is 22.1. The minimum atomic E-state index is -1.20. The van der Waals surface area contributed by atoms with Crippen molar-refractivity contribution in [1.82, 2.24) is 20.3 Å². The second kappa shape index (κ2) is 6.24. The van der Waals surface area contributed by atoms with Crippen LogP contribution < -0.4 is 5.32 Å². The van der Waals surface area contributed by atoms with Crippen LogP contribution in [0.5, 0.6) is 0 Å². The van der Waals surface area contributed by atoms with Gasteiger partial charge in [-0.2, -0.15) is 0 Å². The van der Waals surface area contributed by atoms with E-state index in [0.29, 0.717) is 5.75 Å². The number of carboxylic acid groups (broad SMARTS) is 1. The molecule has 0 fully saturated rings. The number of carboxylic acids is 1. The van der Waals surface area contributed by atoms with Gasteiger partial charge in [-0.3, -0.25) is 9.00 Å². The van der Waals surface area contributed by atoms with E-state index in [1.165, 1.54) is 6.20 Å². The summed E-state index contributed by atoms with van der Waals surface area (Å²) in [5.41, 5.74) is -0.217. The van der Waals surface area contributed by atoms with E-state index < -0.39 is 16.8 Å². The molecule has 0 aliphatic rings. The minimum absolute atomic E-state index is 0.124. The maximum Gasteiger partial charge on any atom is 0.358 e. The molecule has 8 nitrogen and oxygen atoms in total. The highest BCUT2D eigenvalue weighted by atomic mass is 32.2. The van der Waals surface area contributed by atoms with E-state index >= 15 is 0 Å². The second-order valence-corrected chi connectivity index (χ2v) is 5.29. The monoisotopic (exact) mass is 274 g/mol. The molecule has 0 spiro atoms. The number of aromatic carboxylic acids is 1. The maximum atomic E-state index is 11.5. The smallest absolute Gasteiger partial charge is 0.358 e. The van der Waals surface area contributed by atoms with Gasteiger partial charge in [-0.15, -0.1) is 5.10 Å². The van der Waals surface area contributed by atoms with Crippen molar-refractivity contribution in [2.75, 3.05) is 12.0 Å². The fourth-order valence-electron chi connectivity index (χ4n) is 1.34. The van der Waals surface area contributed by atoms with Crippen LogP contribution in [0.15, 0.2) is 6.20 Å². The number of rotatable bonds is 6. The lowest BCUT2D eigenvalue weighted by molar-refractivity contribution is -0.122. The molecule has 100 valence electrons. The zero-order valence-electron chi connectivity index (χ0n) is 9.99. The predicted molar refractivity (Wildman–Crippen MR) is 63.5 cm³/mol. The zero-order chi connectivity index (χ0) is 13.7. The summed E-state index contributed by atoms with van der Waals surface area (Å²) >= 11 is 0. The Balaban J connectivity index is 2.48. The number of amides is 1. The van der Waals surface area contributed by atoms with Crippen molar-refractivity contribution in [2.45, 2.75) is 19.5 Å². The summed E-state index contributed by atoms with van der Waals surface area (Å²) in [5, 5.41) is 18.1. The van der Waals surface area contributed by atoms with Gasteiger partial charge < -0.3 is 10.4 Å². The highest BCUT2D eigenvalue weighted by Gasteiger charge is 2.12. The first-order valence-corrected chi connectivity index (χ1v) is 6.84. The van der Waals surface area contributed by atoms with E-state index in [-0.39, 0.29) is 24.2 Å². The Bertz CT molecular complexity index is 473. The zero-order valence-corrected chi connectivity index (χ0v) is 10.8. The van der Waals surface area contributed by atoms with Gasteiger partial charge in [0.2, 0.25) is 5.91 Å². The Hall–Kier alpha value is -1.77. The molecule has 1 heterocycles. The summed E-state index contributed by atoms with van der Waals surface area (Å²) < 4.78 is 12.1. The molecule has 0 saturated carbocycles. The Morgan fingerprint density at radius 1 is 1.61 bits per heavy atom. The second-order valence-electron chi connectivity index (χ2n) is 3.81. The molecule has 0 saturated heterocycles. The number of aromatic nitrogens is 3. The Labute approximate surface area is 106 Å². The van der Waals surface area contributed by atoms with Gasteiger partial charge in [-0.05, 0) is 6.92 Å². The average molecular weight is 274 g/mol. The molecule has 0 bridgehead atoms. The molecule has 2 atom stereocenters. The first-order valence-electron chi connectivity index (χ1n) is 5.11. The highest BCUT2D eigenvalue weighted by molar-refractivity contribution is 7.84. The Morgan fingerprint density at radius 2 is 2.28 bits per heavy atom. The van der Waals surface area contributed by atoms with E-state index in [2.05, 4.69) is 15.6 Å². The molecular weight excluding hydrogens is 260 g/mol. The third-order valence-corrected chi connectivity index (χ3v) is 2.92. The molecule has 1 rings (SSSR count). The van der Waals surface area contributed by atoms with Crippen LogP contribution in [0.4, 0.5) is 0 Å². The van der Waals surface area contributed by atoms with Crippen LogP contribution in [0, 0.1) is 0 Å². The van der Waals surface area contributed by atoms with Crippen molar-refractivity contribution < 1.29 is 18.9 Å². The average Bonchev–Trinajstić information content (AvgIpc) is 2.63. The number of nitrogens with one attached hydrogen (secondary N) is 1. The van der Waals surface area contributed by atoms with Crippen molar-refractivity contribution in [3.05, 3.63) is 11.9 Å². The molecule has 9 heteroatoms. The summed E-state index contributed by atoms with van der Waals surface area (Å²) in [5.74, 6) is -1.17. The first-order chi connectivity index (χ1) is 8.38. The quantitative estimate of drug-likeness (QED) is 0.677. The maximum absolute atomic E-state index is 11.5. The summed E-state index contributed by atoms with van der Waals surface area (Å²) in [7, 11) is -0.988. The van der Waals surface area contributed by atoms with Crippen LogP contribution in [-0.2, 0) is 22.1 Å². The lowest BCUT2D eigenvalue weighted by Crippen LogP contribution is -2.38. The van der Waals surface area contributed by atoms with Gasteiger partial charge in [0.1, 0.15) is 6.54 Å². The van der Waals surface area contributed by atoms with Crippen LogP contribution in [0.1, 0.15) is 17.4 Å². The molecule has 1 aromatic rings. The standard InChI is InChI=1S/C9H14N4O4S/c1-6(5-18(2)17)10-8(14)4-13-3-7(9(15)16)11-12-13/h3,6H,4-5H2,1-2H3,(H,10,14)(H,15,16). The molecule has 0 aromatic carbocycles. The summed E-state index contributed by atoms with van der Waals surface area (Å²) in [6, 6.07) is -0.217. The molecule has 0 radical (unpaired) electrons. The van der Waals surface area contributed by atoms with Crippen molar-refractivity contribution in [3.63, 3.8) is 0 Å². The van der Waals surface area contributed by atoms with Gasteiger partial charge in [0, 0.05) is 28.9 Å². The van der Waals surface area contributed by atoms with E-state index in [0.717, 1.165) is 4.68 Å². The number of carbonyl (C=O) groups is 2. The van der Waals surface area contributed by atoms with E-state index in [4.69, 9.17) is 5.11 Å². The normalized spacial score (nSPS) is 13.9. The van der Waals surface area contributed by atoms with Gasteiger partial charge in [0.15, 0.2) is 5.69 Å². The lowest BCUT2D eigenvalue weighted by atomic mass is 10.4. The molecule has 1 aromatic heterocycles. The largest absolute Gasteiger partial charge is 0.476 e. The Kier molecular flexibility index (Phi) is 4.95. The van der Waals surface area contributed by atoms with Gasteiger partial charge in [0.25, 0.3) is 0 Å². The minimum Gasteiger partial charge on any atom is -0.476 e. The van der Waals surface area contributed by atoms with E-state index in [1.807, 2.05) is 0 Å². The first kappa shape index (κ1) is 14.3. The number of hydrogen-bond acceptors (Lipinski definition) is 5.